The highest BCUT2D eigenvalue weighted by molar-refractivity contribution is 9.10. The average molecular weight is 719 g/mol. The largest absolute Gasteiger partial charge is 0.507 e. The van der Waals surface area contributed by atoms with Crippen LogP contribution in [0.4, 0.5) is 17.1 Å². The molecule has 2 saturated heterocycles. The lowest BCUT2D eigenvalue weighted by Crippen LogP contribution is -2.46. The van der Waals surface area contributed by atoms with Gasteiger partial charge in [-0.05, 0) is 114 Å². The lowest BCUT2D eigenvalue weighted by Gasteiger charge is -2.43. The molecule has 4 aromatic rings. The molecule has 0 saturated carbocycles. The van der Waals surface area contributed by atoms with Crippen molar-refractivity contribution in [1.82, 2.24) is 0 Å². The summed E-state index contributed by atoms with van der Waals surface area (Å²) in [6.07, 6.45) is 2.78. The molecule has 2 aliphatic heterocycles. The summed E-state index contributed by atoms with van der Waals surface area (Å²) in [5.74, 6) is -2.17. The number of nitrogens with one attached hydrogen (secondary N) is 1. The zero-order chi connectivity index (χ0) is 34.1. The number of imide groups is 1. The molecule has 2 amide bonds. The number of phenols is 1. The Morgan fingerprint density at radius 2 is 1.61 bits per heavy atom. The number of benzene rings is 4. The first kappa shape index (κ1) is 33.0. The second kappa shape index (κ2) is 14.2. The highest BCUT2D eigenvalue weighted by Gasteiger charge is 2.57. The van der Waals surface area contributed by atoms with Gasteiger partial charge < -0.3 is 25.2 Å². The molecule has 0 bridgehead atoms. The fourth-order valence-corrected chi connectivity index (χ4v) is 7.99. The summed E-state index contributed by atoms with van der Waals surface area (Å²) in [5, 5.41) is 35.5. The third-order valence-corrected chi connectivity index (χ3v) is 10.3. The minimum Gasteiger partial charge on any atom is -0.507 e. The molecule has 7 rings (SSSR count). The number of carbonyl (C=O) groups is 2. The Balaban J connectivity index is 1.15. The van der Waals surface area contributed by atoms with Gasteiger partial charge in [0.1, 0.15) is 5.75 Å². The number of amides is 2. The topological polar surface area (TPSA) is 119 Å². The molecular weight excluding hydrogens is 683 g/mol. The summed E-state index contributed by atoms with van der Waals surface area (Å²) in [6.45, 7) is -0.264. The quantitative estimate of drug-likeness (QED) is 0.0625. The predicted molar refractivity (Wildman–Crippen MR) is 195 cm³/mol. The summed E-state index contributed by atoms with van der Waals surface area (Å²) in [4.78, 5) is 29.3. The van der Waals surface area contributed by atoms with Crippen molar-refractivity contribution in [1.29, 1.82) is 0 Å². The number of carbonyl (C=O) groups excluding carboxylic acids is 2. The van der Waals surface area contributed by atoms with Crippen LogP contribution in [0.1, 0.15) is 30.4 Å². The maximum absolute atomic E-state index is 14.1. The number of halogens is 1. The van der Waals surface area contributed by atoms with Crippen LogP contribution in [-0.4, -0.2) is 46.9 Å². The second-order valence-electron chi connectivity index (χ2n) is 12.8. The van der Waals surface area contributed by atoms with Gasteiger partial charge in [-0.1, -0.05) is 64.5 Å². The van der Waals surface area contributed by atoms with Crippen LogP contribution in [-0.2, 0) is 14.2 Å². The fraction of sp³-hybridized carbons (Fsp3) is 0.231. The van der Waals surface area contributed by atoms with Crippen molar-refractivity contribution in [2.75, 3.05) is 16.8 Å². The molecule has 0 spiro atoms. The molecule has 0 radical (unpaired) electrons. The summed E-state index contributed by atoms with van der Waals surface area (Å²) < 4.78 is 6.97. The number of aliphatic hydroxyl groups excluding tert-OH is 1. The number of hydrogen-bond donors (Lipinski definition) is 4. The van der Waals surface area contributed by atoms with Crippen molar-refractivity contribution in [3.05, 3.63) is 130 Å². The third-order valence-electron chi connectivity index (χ3n) is 9.83. The molecular formula is C39H36BBrN2O6. The minimum absolute atomic E-state index is 0.153. The lowest BCUT2D eigenvalue weighted by molar-refractivity contribution is -0.122. The second-order valence-corrected chi connectivity index (χ2v) is 13.7. The smallest absolute Gasteiger partial charge is 0.455 e. The molecule has 2 fully saturated rings. The Labute approximate surface area is 294 Å². The van der Waals surface area contributed by atoms with Gasteiger partial charge >= 0.3 is 7.12 Å². The van der Waals surface area contributed by atoms with Gasteiger partial charge in [0.2, 0.25) is 11.8 Å². The van der Waals surface area contributed by atoms with Crippen LogP contribution >= 0.6 is 15.9 Å². The van der Waals surface area contributed by atoms with E-state index in [1.165, 1.54) is 4.90 Å². The molecule has 49 heavy (non-hydrogen) atoms. The molecule has 1 aliphatic carbocycles. The number of rotatable bonds is 9. The molecule has 10 heteroatoms. The van der Waals surface area contributed by atoms with Crippen LogP contribution in [0.5, 0.6) is 5.75 Å². The molecule has 4 atom stereocenters. The van der Waals surface area contributed by atoms with E-state index in [-0.39, 0.29) is 36.9 Å². The zero-order valence-electron chi connectivity index (χ0n) is 26.7. The molecule has 0 aromatic heterocycles. The first-order valence-electron chi connectivity index (χ1n) is 16.5. The van der Waals surface area contributed by atoms with E-state index < -0.39 is 31.0 Å². The highest BCUT2D eigenvalue weighted by atomic mass is 79.9. The monoisotopic (exact) mass is 718 g/mol. The Morgan fingerprint density at radius 1 is 0.918 bits per heavy atom. The molecule has 8 nitrogen and oxygen atoms in total. The fourth-order valence-electron chi connectivity index (χ4n) is 7.61. The first-order chi connectivity index (χ1) is 23.8. The van der Waals surface area contributed by atoms with E-state index >= 15 is 0 Å². The molecule has 4 aromatic carbocycles. The summed E-state index contributed by atoms with van der Waals surface area (Å²) in [5.41, 5.74) is 6.35. The van der Waals surface area contributed by atoms with Crippen molar-refractivity contribution in [3.63, 3.8) is 0 Å². The van der Waals surface area contributed by atoms with Crippen LogP contribution in [0.2, 0.25) is 6.32 Å². The van der Waals surface area contributed by atoms with E-state index in [1.807, 2.05) is 84.9 Å². The molecule has 4 N–H and O–H groups in total. The van der Waals surface area contributed by atoms with Gasteiger partial charge in [-0.25, -0.2) is 0 Å². The summed E-state index contributed by atoms with van der Waals surface area (Å²) in [6, 6.07) is 32.1. The SMILES string of the molecule is O=C1[C@@H]2[C@@H](CC(CO)=C3[C@@H](CC/C(=C/c4cc(Br)ccc4O)c4ccccc4)OB(O)C[C@@H]32)C(=O)N1c1ccc(Nc2ccccc2)cc1. The van der Waals surface area contributed by atoms with Crippen molar-refractivity contribution in [2.45, 2.75) is 31.7 Å². The van der Waals surface area contributed by atoms with E-state index in [4.69, 9.17) is 4.65 Å². The molecule has 2 heterocycles. The van der Waals surface area contributed by atoms with Crippen molar-refractivity contribution in [3.8, 4) is 5.75 Å². The number of phenolic OH excluding ortho intramolecular Hbond substituents is 1. The number of hydrogen-bond acceptors (Lipinski definition) is 7. The highest BCUT2D eigenvalue weighted by Crippen LogP contribution is 2.51. The number of anilines is 3. The van der Waals surface area contributed by atoms with E-state index in [0.29, 0.717) is 29.7 Å². The summed E-state index contributed by atoms with van der Waals surface area (Å²) >= 11 is 3.49. The standard InChI is InChI=1S/C39H36BBrN2O6/c41-28-12-17-34(45)26(20-28)19-25(24-7-3-1-4-8-24)11-18-35-36-27(23-44)21-32-37(33(36)22-40(48)49-35)39(47)43(38(32)46)31-15-13-30(14-16-31)42-29-9-5-2-6-10-29/h1-10,12-17,19-20,32-33,35,37,42,44-45,48H,11,18,21-23H2/b25-19-/t32-,33+,35-,37-/m1/s1. The Kier molecular flexibility index (Phi) is 9.56. The van der Waals surface area contributed by atoms with Crippen LogP contribution in [0.3, 0.4) is 0 Å². The normalized spacial score (nSPS) is 22.3. The van der Waals surface area contributed by atoms with E-state index in [9.17, 15) is 24.8 Å². The van der Waals surface area contributed by atoms with Gasteiger partial charge in [0.15, 0.2) is 0 Å². The Morgan fingerprint density at radius 3 is 2.33 bits per heavy atom. The Bertz CT molecular complexity index is 1920. The van der Waals surface area contributed by atoms with Crippen LogP contribution in [0, 0.1) is 17.8 Å². The van der Waals surface area contributed by atoms with Crippen LogP contribution < -0.4 is 10.2 Å². The Hall–Kier alpha value is -4.48. The van der Waals surface area contributed by atoms with Gasteiger partial charge in [0.25, 0.3) is 0 Å². The lowest BCUT2D eigenvalue weighted by atomic mass is 9.58. The van der Waals surface area contributed by atoms with Crippen LogP contribution in [0.25, 0.3) is 11.6 Å². The van der Waals surface area contributed by atoms with Crippen molar-refractivity contribution < 1.29 is 29.5 Å². The van der Waals surface area contributed by atoms with Gasteiger partial charge in [-0.2, -0.15) is 0 Å². The van der Waals surface area contributed by atoms with Crippen LogP contribution in [0.15, 0.2) is 119 Å². The van der Waals surface area contributed by atoms with Gasteiger partial charge in [0, 0.05) is 21.4 Å². The maximum atomic E-state index is 14.1. The predicted octanol–water partition coefficient (Wildman–Crippen LogP) is 7.21. The number of allylic oxidation sites excluding steroid dienone is 1. The average Bonchev–Trinajstić information content (AvgIpc) is 3.37. The van der Waals surface area contributed by atoms with E-state index in [2.05, 4.69) is 21.2 Å². The van der Waals surface area contributed by atoms with Gasteiger partial charge in [0.05, 0.1) is 30.2 Å². The minimum atomic E-state index is -1.13. The number of aromatic hydroxyl groups is 1. The van der Waals surface area contributed by atoms with Crippen molar-refractivity contribution in [2.24, 2.45) is 17.8 Å². The third kappa shape index (κ3) is 6.74. The number of aliphatic hydroxyl groups is 1. The number of nitrogens with zero attached hydrogens (tertiary/aromatic N) is 1. The molecule has 0 unspecified atom stereocenters. The summed E-state index contributed by atoms with van der Waals surface area (Å²) in [7, 11) is -1.13. The molecule has 248 valence electrons. The molecule has 3 aliphatic rings. The maximum Gasteiger partial charge on any atom is 0.455 e. The van der Waals surface area contributed by atoms with Gasteiger partial charge in [-0.15, -0.1) is 0 Å². The van der Waals surface area contributed by atoms with E-state index in [1.54, 1.807) is 24.3 Å². The number of fused-ring (bicyclic) bond motifs is 3. The van der Waals surface area contributed by atoms with Crippen molar-refractivity contribution >= 4 is 63.6 Å². The van der Waals surface area contributed by atoms with E-state index in [0.717, 1.165) is 32.6 Å². The van der Waals surface area contributed by atoms with Gasteiger partial charge in [-0.3, -0.25) is 14.5 Å². The first-order valence-corrected chi connectivity index (χ1v) is 17.3. The number of para-hydroxylation sites is 1. The zero-order valence-corrected chi connectivity index (χ0v) is 28.3.